The number of hydrogen-bond donors (Lipinski definition) is 3. The molecule has 2 aromatic heterocycles. The number of aromatic nitrogens is 4. The zero-order chi connectivity index (χ0) is 15.4. The zero-order valence-corrected chi connectivity index (χ0v) is 13.0. The Kier molecular flexibility index (Phi) is 4.43. The predicted molar refractivity (Wildman–Crippen MR) is 87.4 cm³/mol. The molecule has 6 nitrogen and oxygen atoms in total. The van der Waals surface area contributed by atoms with Crippen molar-refractivity contribution in [3.05, 3.63) is 48.3 Å². The van der Waals surface area contributed by atoms with Crippen LogP contribution in [0.2, 0.25) is 0 Å². The van der Waals surface area contributed by atoms with Crippen LogP contribution in [0.1, 0.15) is 23.8 Å². The first-order valence-corrected chi connectivity index (χ1v) is 8.08. The maximum absolute atomic E-state index is 11.8. The molecule has 0 aliphatic rings. The maximum atomic E-state index is 11.8. The van der Waals surface area contributed by atoms with Crippen LogP contribution in [0.25, 0.3) is 11.0 Å². The summed E-state index contributed by atoms with van der Waals surface area (Å²) >= 11 is 1.55. The maximum Gasteiger partial charge on any atom is 0.230 e. The van der Waals surface area contributed by atoms with E-state index in [1.807, 2.05) is 31.2 Å². The van der Waals surface area contributed by atoms with Crippen LogP contribution in [0.5, 0.6) is 0 Å². The van der Waals surface area contributed by atoms with E-state index in [4.69, 9.17) is 0 Å². The Balaban J connectivity index is 1.51. The Bertz CT molecular complexity index is 719. The standard InChI is InChI=1S/C15H17N5OS/c1-10(15-19-11-4-2-3-5-12(11)20-15)22-9-14(21)18-8-13-16-6-7-17-13/h2-7,10H,8-9H2,1H3,(H,16,17)(H,18,21)(H,19,20)/t10-/m0/s1. The van der Waals surface area contributed by atoms with Crippen molar-refractivity contribution in [2.24, 2.45) is 0 Å². The molecule has 1 amide bonds. The van der Waals surface area contributed by atoms with Gasteiger partial charge in [-0.25, -0.2) is 9.97 Å². The number of hydrogen-bond acceptors (Lipinski definition) is 4. The number of rotatable bonds is 6. The monoisotopic (exact) mass is 315 g/mol. The molecule has 0 unspecified atom stereocenters. The summed E-state index contributed by atoms with van der Waals surface area (Å²) in [6.07, 6.45) is 3.40. The molecule has 7 heteroatoms. The highest BCUT2D eigenvalue weighted by atomic mass is 32.2. The lowest BCUT2D eigenvalue weighted by Crippen LogP contribution is -2.25. The first-order valence-electron chi connectivity index (χ1n) is 7.03. The molecule has 0 spiro atoms. The van der Waals surface area contributed by atoms with Gasteiger partial charge >= 0.3 is 0 Å². The summed E-state index contributed by atoms with van der Waals surface area (Å²) in [5.41, 5.74) is 1.97. The number of H-pyrrole nitrogens is 2. The zero-order valence-electron chi connectivity index (χ0n) is 12.2. The molecule has 3 N–H and O–H groups in total. The van der Waals surface area contributed by atoms with E-state index in [9.17, 15) is 4.79 Å². The molecule has 1 atom stereocenters. The molecular weight excluding hydrogens is 298 g/mol. The molecule has 0 bridgehead atoms. The minimum atomic E-state index is -0.00985. The van der Waals surface area contributed by atoms with E-state index in [1.54, 1.807) is 24.2 Å². The van der Waals surface area contributed by atoms with Crippen molar-refractivity contribution in [1.29, 1.82) is 0 Å². The van der Waals surface area contributed by atoms with Gasteiger partial charge in [0.2, 0.25) is 5.91 Å². The van der Waals surface area contributed by atoms with Crippen LogP contribution in [-0.2, 0) is 11.3 Å². The first kappa shape index (κ1) is 14.6. The molecule has 0 fully saturated rings. The predicted octanol–water partition coefficient (Wildman–Crippen LogP) is 2.40. The largest absolute Gasteiger partial charge is 0.348 e. The molecule has 22 heavy (non-hydrogen) atoms. The smallest absolute Gasteiger partial charge is 0.230 e. The van der Waals surface area contributed by atoms with Gasteiger partial charge in [0, 0.05) is 12.4 Å². The van der Waals surface area contributed by atoms with Gasteiger partial charge in [-0.05, 0) is 19.1 Å². The molecule has 0 radical (unpaired) electrons. The lowest BCUT2D eigenvalue weighted by molar-refractivity contribution is -0.118. The second-order valence-corrected chi connectivity index (χ2v) is 6.23. The molecule has 0 saturated carbocycles. The number of nitrogens with zero attached hydrogens (tertiary/aromatic N) is 2. The van der Waals surface area contributed by atoms with Crippen molar-refractivity contribution < 1.29 is 4.79 Å². The van der Waals surface area contributed by atoms with Gasteiger partial charge in [-0.15, -0.1) is 11.8 Å². The Labute approximate surface area is 132 Å². The fourth-order valence-corrected chi connectivity index (χ4v) is 2.85. The van der Waals surface area contributed by atoms with Gasteiger partial charge in [0.25, 0.3) is 0 Å². The summed E-state index contributed by atoms with van der Waals surface area (Å²) in [6.45, 7) is 2.47. The average Bonchev–Trinajstić information content (AvgIpc) is 3.19. The van der Waals surface area contributed by atoms with Crippen molar-refractivity contribution in [3.8, 4) is 0 Å². The second kappa shape index (κ2) is 6.65. The summed E-state index contributed by atoms with van der Waals surface area (Å²) in [5, 5.41) is 2.96. The summed E-state index contributed by atoms with van der Waals surface area (Å²) < 4.78 is 0. The molecule has 3 aromatic rings. The van der Waals surface area contributed by atoms with E-state index in [0.29, 0.717) is 12.3 Å². The summed E-state index contributed by atoms with van der Waals surface area (Å²) in [7, 11) is 0. The summed E-state index contributed by atoms with van der Waals surface area (Å²) in [6, 6.07) is 7.92. The molecule has 0 saturated heterocycles. The van der Waals surface area contributed by atoms with Gasteiger partial charge in [-0.1, -0.05) is 12.1 Å². The van der Waals surface area contributed by atoms with E-state index < -0.39 is 0 Å². The van der Waals surface area contributed by atoms with E-state index in [-0.39, 0.29) is 11.2 Å². The van der Waals surface area contributed by atoms with Crippen LogP contribution in [0.15, 0.2) is 36.7 Å². The fourth-order valence-electron chi connectivity index (χ4n) is 2.07. The molecule has 2 heterocycles. The van der Waals surface area contributed by atoms with Crippen molar-refractivity contribution >= 4 is 28.7 Å². The molecule has 0 aliphatic heterocycles. The number of thioether (sulfide) groups is 1. The number of aromatic amines is 2. The third-order valence-electron chi connectivity index (χ3n) is 3.27. The topological polar surface area (TPSA) is 86.5 Å². The number of imidazole rings is 2. The third-order valence-corrected chi connectivity index (χ3v) is 4.42. The van der Waals surface area contributed by atoms with Crippen LogP contribution in [0.3, 0.4) is 0 Å². The third kappa shape index (κ3) is 3.48. The van der Waals surface area contributed by atoms with Gasteiger partial charge < -0.3 is 15.3 Å². The Morgan fingerprint density at radius 1 is 1.41 bits per heavy atom. The van der Waals surface area contributed by atoms with Crippen molar-refractivity contribution in [3.63, 3.8) is 0 Å². The van der Waals surface area contributed by atoms with E-state index in [2.05, 4.69) is 25.3 Å². The molecule has 3 rings (SSSR count). The normalized spacial score (nSPS) is 12.4. The number of fused-ring (bicyclic) bond motifs is 1. The Morgan fingerprint density at radius 2 is 2.27 bits per heavy atom. The van der Waals surface area contributed by atoms with E-state index >= 15 is 0 Å². The average molecular weight is 315 g/mol. The van der Waals surface area contributed by atoms with Crippen LogP contribution < -0.4 is 5.32 Å². The number of amides is 1. The fraction of sp³-hybridized carbons (Fsp3) is 0.267. The Hall–Kier alpha value is -2.28. The highest BCUT2D eigenvalue weighted by Crippen LogP contribution is 2.27. The van der Waals surface area contributed by atoms with E-state index in [0.717, 1.165) is 22.7 Å². The highest BCUT2D eigenvalue weighted by molar-refractivity contribution is 8.00. The second-order valence-electron chi connectivity index (χ2n) is 4.91. The van der Waals surface area contributed by atoms with Gasteiger partial charge in [-0.2, -0.15) is 0 Å². The molecular formula is C15H17N5OS. The van der Waals surface area contributed by atoms with Gasteiger partial charge in [0.15, 0.2) is 0 Å². The lowest BCUT2D eigenvalue weighted by atomic mass is 10.3. The number of nitrogens with one attached hydrogen (secondary N) is 3. The first-order chi connectivity index (χ1) is 10.7. The Morgan fingerprint density at radius 3 is 3.05 bits per heavy atom. The molecule has 0 aliphatic carbocycles. The van der Waals surface area contributed by atoms with Gasteiger partial charge in [-0.3, -0.25) is 4.79 Å². The van der Waals surface area contributed by atoms with Crippen LogP contribution >= 0.6 is 11.8 Å². The van der Waals surface area contributed by atoms with Gasteiger partial charge in [0.1, 0.15) is 11.6 Å². The lowest BCUT2D eigenvalue weighted by Gasteiger charge is -2.08. The van der Waals surface area contributed by atoms with Crippen LogP contribution in [-0.4, -0.2) is 31.6 Å². The molecule has 1 aromatic carbocycles. The number of para-hydroxylation sites is 2. The van der Waals surface area contributed by atoms with Crippen LogP contribution in [0.4, 0.5) is 0 Å². The van der Waals surface area contributed by atoms with Crippen molar-refractivity contribution in [2.45, 2.75) is 18.7 Å². The summed E-state index contributed by atoms with van der Waals surface area (Å²) in [5.74, 6) is 2.02. The number of carbonyl (C=O) groups excluding carboxylic acids is 1. The highest BCUT2D eigenvalue weighted by Gasteiger charge is 2.13. The number of carbonyl (C=O) groups is 1. The SMILES string of the molecule is C[C@H](SCC(=O)NCc1ncc[nH]1)c1nc2ccccc2[nH]1. The van der Waals surface area contributed by atoms with E-state index in [1.165, 1.54) is 0 Å². The minimum Gasteiger partial charge on any atom is -0.348 e. The van der Waals surface area contributed by atoms with Gasteiger partial charge in [0.05, 0.1) is 28.6 Å². The van der Waals surface area contributed by atoms with Crippen LogP contribution in [0, 0.1) is 0 Å². The minimum absolute atomic E-state index is 0.00985. The quantitative estimate of drug-likeness (QED) is 0.652. The number of benzene rings is 1. The molecule has 114 valence electrons. The summed E-state index contributed by atoms with van der Waals surface area (Å²) in [4.78, 5) is 26.7. The van der Waals surface area contributed by atoms with Crippen molar-refractivity contribution in [2.75, 3.05) is 5.75 Å². The van der Waals surface area contributed by atoms with Crippen molar-refractivity contribution in [1.82, 2.24) is 25.3 Å².